The molecule has 0 fully saturated rings. The molecule has 1 aliphatic rings. The lowest BCUT2D eigenvalue weighted by molar-refractivity contribution is 1.01. The summed E-state index contributed by atoms with van der Waals surface area (Å²) in [5.74, 6) is 0. The first-order valence-electron chi connectivity index (χ1n) is 7.73. The largest absolute Gasteiger partial charge is 0.251 e. The van der Waals surface area contributed by atoms with Crippen molar-refractivity contribution >= 4 is 34.5 Å². The van der Waals surface area contributed by atoms with Crippen molar-refractivity contribution in [2.45, 2.75) is 23.5 Å². The van der Waals surface area contributed by atoms with E-state index in [0.29, 0.717) is 5.25 Å². The molecule has 1 nitrogen and oxygen atoms in total. The van der Waals surface area contributed by atoms with E-state index in [1.807, 2.05) is 11.8 Å². The Labute approximate surface area is 145 Å². The number of thiophene rings is 1. The van der Waals surface area contributed by atoms with Gasteiger partial charge in [0.2, 0.25) is 0 Å². The quantitative estimate of drug-likeness (QED) is 0.527. The third kappa shape index (κ3) is 3.12. The molecule has 1 aliphatic heterocycles. The SMILES string of the molecule is Cc1ccc(C2CC(c3cccs3)=Nc3ccccc3S2)cc1. The molecule has 1 aromatic heterocycles. The Hall–Kier alpha value is -1.84. The van der Waals surface area contributed by atoms with Gasteiger partial charge in [-0.05, 0) is 36.1 Å². The number of rotatable bonds is 2. The third-order valence-corrected chi connectivity index (χ3v) is 6.26. The van der Waals surface area contributed by atoms with E-state index in [9.17, 15) is 0 Å². The number of para-hydroxylation sites is 1. The van der Waals surface area contributed by atoms with Crippen LogP contribution < -0.4 is 0 Å². The average molecular weight is 335 g/mol. The van der Waals surface area contributed by atoms with Crippen molar-refractivity contribution in [3.8, 4) is 0 Å². The number of benzene rings is 2. The molecule has 1 unspecified atom stereocenters. The molecule has 0 bridgehead atoms. The molecule has 23 heavy (non-hydrogen) atoms. The minimum Gasteiger partial charge on any atom is -0.251 e. The van der Waals surface area contributed by atoms with Crippen molar-refractivity contribution in [3.05, 3.63) is 82.0 Å². The van der Waals surface area contributed by atoms with E-state index in [1.165, 1.54) is 26.6 Å². The zero-order chi connectivity index (χ0) is 15.6. The molecular formula is C20H17NS2. The van der Waals surface area contributed by atoms with Gasteiger partial charge in [0.1, 0.15) is 0 Å². The molecule has 0 amide bonds. The highest BCUT2D eigenvalue weighted by Crippen LogP contribution is 2.45. The summed E-state index contributed by atoms with van der Waals surface area (Å²) in [7, 11) is 0. The summed E-state index contributed by atoms with van der Waals surface area (Å²) in [4.78, 5) is 7.53. The van der Waals surface area contributed by atoms with E-state index in [1.54, 1.807) is 11.3 Å². The molecule has 4 rings (SSSR count). The maximum atomic E-state index is 4.98. The van der Waals surface area contributed by atoms with E-state index in [0.717, 1.165) is 12.1 Å². The Bertz CT molecular complexity index is 832. The summed E-state index contributed by atoms with van der Waals surface area (Å²) in [5.41, 5.74) is 4.97. The maximum Gasteiger partial charge on any atom is 0.0769 e. The minimum absolute atomic E-state index is 0.403. The summed E-state index contributed by atoms with van der Waals surface area (Å²) in [5, 5.41) is 2.53. The number of aliphatic imine (C=N–C) groups is 1. The predicted molar refractivity (Wildman–Crippen MR) is 101 cm³/mol. The first kappa shape index (κ1) is 14.7. The van der Waals surface area contributed by atoms with Crippen molar-refractivity contribution in [1.29, 1.82) is 0 Å². The van der Waals surface area contributed by atoms with Crippen LogP contribution in [-0.2, 0) is 0 Å². The topological polar surface area (TPSA) is 12.4 Å². The first-order chi connectivity index (χ1) is 11.3. The molecule has 3 aromatic rings. The number of nitrogens with zero attached hydrogens (tertiary/aromatic N) is 1. The second kappa shape index (κ2) is 6.34. The number of hydrogen-bond acceptors (Lipinski definition) is 3. The van der Waals surface area contributed by atoms with Gasteiger partial charge < -0.3 is 0 Å². The number of hydrogen-bond donors (Lipinski definition) is 0. The van der Waals surface area contributed by atoms with Crippen LogP contribution in [0, 0.1) is 6.92 Å². The van der Waals surface area contributed by atoms with E-state index in [4.69, 9.17) is 4.99 Å². The molecule has 1 atom stereocenters. The molecule has 0 N–H and O–H groups in total. The Morgan fingerprint density at radius 3 is 2.57 bits per heavy atom. The molecular weight excluding hydrogens is 318 g/mol. The van der Waals surface area contributed by atoms with Crippen LogP contribution in [0.4, 0.5) is 5.69 Å². The molecule has 2 heterocycles. The van der Waals surface area contributed by atoms with Gasteiger partial charge in [-0.15, -0.1) is 23.1 Å². The lowest BCUT2D eigenvalue weighted by atomic mass is 10.0. The summed E-state index contributed by atoms with van der Waals surface area (Å²) in [6, 6.07) is 21.7. The van der Waals surface area contributed by atoms with E-state index >= 15 is 0 Å². The minimum atomic E-state index is 0.403. The smallest absolute Gasteiger partial charge is 0.0769 e. The lowest BCUT2D eigenvalue weighted by Crippen LogP contribution is -2.03. The lowest BCUT2D eigenvalue weighted by Gasteiger charge is -2.16. The standard InChI is InChI=1S/C20H17NS2/c1-14-8-10-15(11-9-14)20-13-17(18-7-4-12-22-18)21-16-5-2-3-6-19(16)23-20/h2-12,20H,13H2,1H3. The summed E-state index contributed by atoms with van der Waals surface area (Å²) < 4.78 is 0. The van der Waals surface area contributed by atoms with Crippen LogP contribution in [0.2, 0.25) is 0 Å². The second-order valence-corrected chi connectivity index (χ2v) is 7.92. The molecule has 0 saturated carbocycles. The third-order valence-electron chi connectivity index (χ3n) is 4.02. The molecule has 0 spiro atoms. The van der Waals surface area contributed by atoms with Gasteiger partial charge in [0.15, 0.2) is 0 Å². The fourth-order valence-electron chi connectivity index (χ4n) is 2.78. The van der Waals surface area contributed by atoms with Crippen LogP contribution in [0.3, 0.4) is 0 Å². The van der Waals surface area contributed by atoms with Crippen LogP contribution in [0.1, 0.15) is 27.7 Å². The van der Waals surface area contributed by atoms with Gasteiger partial charge in [-0.1, -0.05) is 48.0 Å². The Morgan fingerprint density at radius 2 is 1.78 bits per heavy atom. The average Bonchev–Trinajstić information content (AvgIpc) is 3.03. The van der Waals surface area contributed by atoms with Crippen molar-refractivity contribution in [2.24, 2.45) is 4.99 Å². The normalized spacial score (nSPS) is 17.3. The van der Waals surface area contributed by atoms with Gasteiger partial charge in [0, 0.05) is 21.4 Å². The van der Waals surface area contributed by atoms with Crippen molar-refractivity contribution in [3.63, 3.8) is 0 Å². The Balaban J connectivity index is 1.78. The molecule has 114 valence electrons. The van der Waals surface area contributed by atoms with Gasteiger partial charge in [-0.25, -0.2) is 0 Å². The maximum absolute atomic E-state index is 4.98. The van der Waals surface area contributed by atoms with Crippen LogP contribution in [0.15, 0.2) is 75.9 Å². The van der Waals surface area contributed by atoms with Crippen molar-refractivity contribution in [1.82, 2.24) is 0 Å². The van der Waals surface area contributed by atoms with Crippen LogP contribution >= 0.6 is 23.1 Å². The van der Waals surface area contributed by atoms with Crippen molar-refractivity contribution < 1.29 is 0 Å². The van der Waals surface area contributed by atoms with Crippen LogP contribution in [0.25, 0.3) is 0 Å². The zero-order valence-electron chi connectivity index (χ0n) is 12.9. The Kier molecular flexibility index (Phi) is 4.06. The molecule has 2 aromatic carbocycles. The Morgan fingerprint density at radius 1 is 0.957 bits per heavy atom. The second-order valence-electron chi connectivity index (χ2n) is 5.72. The summed E-state index contributed by atoms with van der Waals surface area (Å²) in [6.45, 7) is 2.14. The van der Waals surface area contributed by atoms with Crippen LogP contribution in [0.5, 0.6) is 0 Å². The first-order valence-corrected chi connectivity index (χ1v) is 9.49. The molecule has 0 radical (unpaired) electrons. The molecule has 0 aliphatic carbocycles. The van der Waals surface area contributed by atoms with Gasteiger partial charge in [-0.3, -0.25) is 4.99 Å². The number of fused-ring (bicyclic) bond motifs is 1. The number of aryl methyl sites for hydroxylation is 1. The van der Waals surface area contributed by atoms with E-state index < -0.39 is 0 Å². The fourth-order valence-corrected chi connectivity index (χ4v) is 4.73. The van der Waals surface area contributed by atoms with Crippen molar-refractivity contribution in [2.75, 3.05) is 0 Å². The molecule has 0 saturated heterocycles. The number of thioether (sulfide) groups is 1. The highest BCUT2D eigenvalue weighted by atomic mass is 32.2. The summed E-state index contributed by atoms with van der Waals surface area (Å²) >= 11 is 3.70. The van der Waals surface area contributed by atoms with Gasteiger partial charge >= 0.3 is 0 Å². The highest BCUT2D eigenvalue weighted by Gasteiger charge is 2.22. The highest BCUT2D eigenvalue weighted by molar-refractivity contribution is 7.99. The van der Waals surface area contributed by atoms with E-state index in [-0.39, 0.29) is 0 Å². The zero-order valence-corrected chi connectivity index (χ0v) is 14.5. The van der Waals surface area contributed by atoms with Gasteiger partial charge in [0.25, 0.3) is 0 Å². The van der Waals surface area contributed by atoms with Gasteiger partial charge in [-0.2, -0.15) is 0 Å². The monoisotopic (exact) mass is 335 g/mol. The molecule has 3 heteroatoms. The van der Waals surface area contributed by atoms with Crippen LogP contribution in [-0.4, -0.2) is 5.71 Å². The van der Waals surface area contributed by atoms with Gasteiger partial charge in [0.05, 0.1) is 11.4 Å². The summed E-state index contributed by atoms with van der Waals surface area (Å²) in [6.07, 6.45) is 0.961. The predicted octanol–water partition coefficient (Wildman–Crippen LogP) is 6.41. The van der Waals surface area contributed by atoms with E-state index in [2.05, 4.69) is 73.0 Å². The fraction of sp³-hybridized carbons (Fsp3) is 0.150.